The van der Waals surface area contributed by atoms with E-state index in [1.807, 2.05) is 11.8 Å². The van der Waals surface area contributed by atoms with Crippen LogP contribution in [0.25, 0.3) is 0 Å². The van der Waals surface area contributed by atoms with E-state index in [4.69, 9.17) is 4.74 Å². The molecular weight excluding hydrogens is 359 g/mol. The van der Waals surface area contributed by atoms with E-state index >= 15 is 0 Å². The number of amides is 1. The SMILES string of the molecule is C[C@H]1CN(C(=O)OC(C)(C)C)CCN1C(C#N)c1ccc(C(F)(F)F)cc1. The number of carbonyl (C=O) groups excluding carboxylic acids is 1. The highest BCUT2D eigenvalue weighted by Crippen LogP contribution is 2.31. The van der Waals surface area contributed by atoms with Gasteiger partial charge in [-0.3, -0.25) is 4.90 Å². The molecule has 0 saturated carbocycles. The van der Waals surface area contributed by atoms with E-state index in [0.29, 0.717) is 25.2 Å². The highest BCUT2D eigenvalue weighted by atomic mass is 19.4. The zero-order valence-corrected chi connectivity index (χ0v) is 15.9. The van der Waals surface area contributed by atoms with Crippen LogP contribution in [0.4, 0.5) is 18.0 Å². The lowest BCUT2D eigenvalue weighted by molar-refractivity contribution is -0.137. The first-order chi connectivity index (χ1) is 12.4. The second-order valence-electron chi connectivity index (χ2n) is 7.66. The van der Waals surface area contributed by atoms with Crippen molar-refractivity contribution in [2.75, 3.05) is 19.6 Å². The fourth-order valence-corrected chi connectivity index (χ4v) is 3.04. The van der Waals surface area contributed by atoms with Crippen LogP contribution >= 0.6 is 0 Å². The molecule has 1 unspecified atom stereocenters. The fraction of sp³-hybridized carbons (Fsp3) is 0.579. The fourth-order valence-electron chi connectivity index (χ4n) is 3.04. The molecular formula is C19H24F3N3O2. The van der Waals surface area contributed by atoms with Crippen molar-refractivity contribution in [1.29, 1.82) is 5.26 Å². The molecule has 0 aromatic heterocycles. The maximum Gasteiger partial charge on any atom is 0.416 e. The molecule has 0 spiro atoms. The third-order valence-corrected chi connectivity index (χ3v) is 4.34. The van der Waals surface area contributed by atoms with Gasteiger partial charge in [-0.05, 0) is 45.4 Å². The van der Waals surface area contributed by atoms with Crippen molar-refractivity contribution in [2.24, 2.45) is 0 Å². The van der Waals surface area contributed by atoms with Gasteiger partial charge < -0.3 is 9.64 Å². The molecule has 2 atom stereocenters. The predicted molar refractivity (Wildman–Crippen MR) is 93.8 cm³/mol. The summed E-state index contributed by atoms with van der Waals surface area (Å²) in [6.07, 6.45) is -4.82. The molecule has 0 radical (unpaired) electrons. The Morgan fingerprint density at radius 2 is 1.81 bits per heavy atom. The highest BCUT2D eigenvalue weighted by Gasteiger charge is 2.35. The number of halogens is 3. The van der Waals surface area contributed by atoms with E-state index in [1.54, 1.807) is 25.7 Å². The van der Waals surface area contributed by atoms with Gasteiger partial charge in [0.2, 0.25) is 0 Å². The Kier molecular flexibility index (Phi) is 6.05. The number of alkyl halides is 3. The van der Waals surface area contributed by atoms with Crippen LogP contribution in [-0.4, -0.2) is 47.2 Å². The van der Waals surface area contributed by atoms with Crippen LogP contribution in [0.15, 0.2) is 24.3 Å². The van der Waals surface area contributed by atoms with E-state index in [2.05, 4.69) is 6.07 Å². The number of rotatable bonds is 2. The minimum absolute atomic E-state index is 0.141. The summed E-state index contributed by atoms with van der Waals surface area (Å²) >= 11 is 0. The number of carbonyl (C=O) groups is 1. The van der Waals surface area contributed by atoms with Crippen LogP contribution in [0, 0.1) is 11.3 Å². The minimum Gasteiger partial charge on any atom is -0.444 e. The van der Waals surface area contributed by atoms with Gasteiger partial charge in [-0.25, -0.2) is 4.79 Å². The Morgan fingerprint density at radius 1 is 1.22 bits per heavy atom. The molecule has 2 rings (SSSR count). The van der Waals surface area contributed by atoms with Gasteiger partial charge in [0, 0.05) is 25.7 Å². The molecule has 8 heteroatoms. The summed E-state index contributed by atoms with van der Waals surface area (Å²) in [5.41, 5.74) is -0.832. The van der Waals surface area contributed by atoms with Crippen LogP contribution in [0.3, 0.4) is 0 Å². The van der Waals surface area contributed by atoms with E-state index in [1.165, 1.54) is 12.1 Å². The topological polar surface area (TPSA) is 56.6 Å². The summed E-state index contributed by atoms with van der Waals surface area (Å²) in [6, 6.07) is 6.00. The second-order valence-corrected chi connectivity index (χ2v) is 7.66. The molecule has 1 aliphatic rings. The average Bonchev–Trinajstić information content (AvgIpc) is 2.55. The Balaban J connectivity index is 2.09. The van der Waals surface area contributed by atoms with Crippen molar-refractivity contribution in [3.63, 3.8) is 0 Å². The van der Waals surface area contributed by atoms with Gasteiger partial charge in [0.25, 0.3) is 0 Å². The summed E-state index contributed by atoms with van der Waals surface area (Å²) < 4.78 is 43.6. The van der Waals surface area contributed by atoms with Crippen LogP contribution in [0.1, 0.15) is 44.9 Å². The largest absolute Gasteiger partial charge is 0.444 e. The summed E-state index contributed by atoms with van der Waals surface area (Å²) in [6.45, 7) is 8.46. The van der Waals surface area contributed by atoms with Gasteiger partial charge >= 0.3 is 12.3 Å². The van der Waals surface area contributed by atoms with Gasteiger partial charge in [0.1, 0.15) is 11.6 Å². The van der Waals surface area contributed by atoms with Crippen molar-refractivity contribution in [1.82, 2.24) is 9.80 Å². The van der Waals surface area contributed by atoms with Crippen molar-refractivity contribution < 1.29 is 22.7 Å². The Morgan fingerprint density at radius 3 is 2.26 bits per heavy atom. The maximum atomic E-state index is 12.7. The molecule has 0 N–H and O–H groups in total. The lowest BCUT2D eigenvalue weighted by Gasteiger charge is -2.42. The number of nitriles is 1. The first-order valence-corrected chi connectivity index (χ1v) is 8.73. The normalized spacial score (nSPS) is 20.1. The molecule has 1 aromatic rings. The molecule has 1 aliphatic heterocycles. The van der Waals surface area contributed by atoms with Crippen molar-refractivity contribution in [2.45, 2.75) is 51.6 Å². The molecule has 5 nitrogen and oxygen atoms in total. The number of benzene rings is 1. The molecule has 1 amide bonds. The number of ether oxygens (including phenoxy) is 1. The van der Waals surface area contributed by atoms with E-state index in [0.717, 1.165) is 12.1 Å². The average molecular weight is 383 g/mol. The second kappa shape index (κ2) is 7.77. The van der Waals surface area contributed by atoms with E-state index in [9.17, 15) is 23.2 Å². The predicted octanol–water partition coefficient (Wildman–Crippen LogP) is 4.21. The molecule has 1 fully saturated rings. The highest BCUT2D eigenvalue weighted by molar-refractivity contribution is 5.68. The van der Waals surface area contributed by atoms with Crippen LogP contribution in [0.2, 0.25) is 0 Å². The van der Waals surface area contributed by atoms with Gasteiger partial charge in [0.15, 0.2) is 0 Å². The first kappa shape index (κ1) is 21.0. The van der Waals surface area contributed by atoms with Gasteiger partial charge in [-0.1, -0.05) is 12.1 Å². The molecule has 148 valence electrons. The first-order valence-electron chi connectivity index (χ1n) is 8.73. The Hall–Kier alpha value is -2.27. The third kappa shape index (κ3) is 5.36. The zero-order valence-electron chi connectivity index (χ0n) is 15.9. The van der Waals surface area contributed by atoms with E-state index < -0.39 is 29.5 Å². The molecule has 1 aromatic carbocycles. The summed E-state index contributed by atoms with van der Waals surface area (Å²) in [4.78, 5) is 15.7. The van der Waals surface area contributed by atoms with Crippen molar-refractivity contribution in [3.8, 4) is 6.07 Å². The van der Waals surface area contributed by atoms with Crippen LogP contribution < -0.4 is 0 Å². The smallest absolute Gasteiger partial charge is 0.416 e. The lowest BCUT2D eigenvalue weighted by atomic mass is 10.0. The van der Waals surface area contributed by atoms with E-state index in [-0.39, 0.29) is 6.04 Å². The van der Waals surface area contributed by atoms with Crippen LogP contribution in [-0.2, 0) is 10.9 Å². The quantitative estimate of drug-likeness (QED) is 0.768. The van der Waals surface area contributed by atoms with Gasteiger partial charge in [0.05, 0.1) is 11.6 Å². The number of nitrogens with zero attached hydrogens (tertiary/aromatic N) is 3. The molecule has 1 saturated heterocycles. The van der Waals surface area contributed by atoms with Crippen molar-refractivity contribution >= 4 is 6.09 Å². The zero-order chi connectivity index (χ0) is 20.4. The Bertz CT molecular complexity index is 705. The summed E-state index contributed by atoms with van der Waals surface area (Å²) in [7, 11) is 0. The summed E-state index contributed by atoms with van der Waals surface area (Å²) in [5.74, 6) is 0. The van der Waals surface area contributed by atoms with Crippen LogP contribution in [0.5, 0.6) is 0 Å². The maximum absolute atomic E-state index is 12.7. The molecule has 0 bridgehead atoms. The Labute approximate surface area is 157 Å². The lowest BCUT2D eigenvalue weighted by Crippen LogP contribution is -2.55. The van der Waals surface area contributed by atoms with Crippen molar-refractivity contribution in [3.05, 3.63) is 35.4 Å². The van der Waals surface area contributed by atoms with Gasteiger partial charge in [-0.2, -0.15) is 18.4 Å². The molecule has 0 aliphatic carbocycles. The number of hydrogen-bond acceptors (Lipinski definition) is 4. The number of hydrogen-bond donors (Lipinski definition) is 0. The van der Waals surface area contributed by atoms with Gasteiger partial charge in [-0.15, -0.1) is 0 Å². The monoisotopic (exact) mass is 383 g/mol. The standard InChI is InChI=1S/C19H24F3N3O2/c1-13-12-24(17(26)27-18(2,3)4)9-10-25(13)16(11-23)14-5-7-15(8-6-14)19(20,21)22/h5-8,13,16H,9-10,12H2,1-4H3/t13-,16?/m0/s1. The third-order valence-electron chi connectivity index (χ3n) is 4.34. The minimum atomic E-state index is -4.41. The molecule has 1 heterocycles. The summed E-state index contributed by atoms with van der Waals surface area (Å²) in [5, 5.41) is 9.59. The molecule has 27 heavy (non-hydrogen) atoms. The number of piperazine rings is 1.